The van der Waals surface area contributed by atoms with E-state index >= 15 is 0 Å². The molecule has 0 saturated carbocycles. The summed E-state index contributed by atoms with van der Waals surface area (Å²) >= 11 is 7.13. The number of hydrogen-bond acceptors (Lipinski definition) is 2. The Morgan fingerprint density at radius 2 is 2.07 bits per heavy atom. The van der Waals surface area contributed by atoms with E-state index in [1.807, 2.05) is 18.2 Å². The fourth-order valence-electron chi connectivity index (χ4n) is 0.969. The standard InChI is InChI=1S/C11H11ClOS/c1-2-7-14-10-5-3-9(4-6-10)11(13)8-12/h2-6H,1,7-8H2. The zero-order chi connectivity index (χ0) is 10.4. The molecule has 14 heavy (non-hydrogen) atoms. The number of alkyl halides is 1. The maximum atomic E-state index is 11.2. The van der Waals surface area contributed by atoms with Crippen LogP contribution in [0, 0.1) is 0 Å². The molecule has 0 aliphatic heterocycles. The molecule has 0 N–H and O–H groups in total. The molecule has 1 rings (SSSR count). The van der Waals surface area contributed by atoms with Crippen LogP contribution in [0.5, 0.6) is 0 Å². The third-order valence-corrected chi connectivity index (χ3v) is 2.92. The molecule has 0 atom stereocenters. The molecule has 0 radical (unpaired) electrons. The maximum absolute atomic E-state index is 11.2. The molecule has 0 bridgehead atoms. The van der Waals surface area contributed by atoms with Crippen molar-refractivity contribution in [3.8, 4) is 0 Å². The molecular weight excluding hydrogens is 216 g/mol. The maximum Gasteiger partial charge on any atom is 0.177 e. The predicted molar refractivity (Wildman–Crippen MR) is 62.4 cm³/mol. The Labute approximate surface area is 93.2 Å². The first-order chi connectivity index (χ1) is 6.77. The van der Waals surface area contributed by atoms with Crippen LogP contribution in [0.15, 0.2) is 41.8 Å². The average Bonchev–Trinajstić information content (AvgIpc) is 2.26. The van der Waals surface area contributed by atoms with Crippen molar-refractivity contribution < 1.29 is 4.79 Å². The highest BCUT2D eigenvalue weighted by Gasteiger charge is 2.02. The summed E-state index contributed by atoms with van der Waals surface area (Å²) in [7, 11) is 0. The lowest BCUT2D eigenvalue weighted by Crippen LogP contribution is -1.99. The van der Waals surface area contributed by atoms with Gasteiger partial charge in [-0.25, -0.2) is 0 Å². The Morgan fingerprint density at radius 1 is 1.43 bits per heavy atom. The Morgan fingerprint density at radius 3 is 2.57 bits per heavy atom. The van der Waals surface area contributed by atoms with Crippen molar-refractivity contribution in [2.45, 2.75) is 4.90 Å². The van der Waals surface area contributed by atoms with Crippen molar-refractivity contribution in [3.63, 3.8) is 0 Å². The number of carbonyl (C=O) groups is 1. The van der Waals surface area contributed by atoms with Gasteiger partial charge in [-0.3, -0.25) is 4.79 Å². The molecule has 1 aromatic rings. The fourth-order valence-corrected chi connectivity index (χ4v) is 1.76. The van der Waals surface area contributed by atoms with Crippen molar-refractivity contribution in [3.05, 3.63) is 42.5 Å². The summed E-state index contributed by atoms with van der Waals surface area (Å²) in [5, 5.41) is 0. The third kappa shape index (κ3) is 3.20. The second kappa shape index (κ2) is 5.89. The topological polar surface area (TPSA) is 17.1 Å². The van der Waals surface area contributed by atoms with Crippen LogP contribution in [0.3, 0.4) is 0 Å². The molecule has 0 unspecified atom stereocenters. The van der Waals surface area contributed by atoms with Crippen LogP contribution in [0.2, 0.25) is 0 Å². The van der Waals surface area contributed by atoms with E-state index in [0.29, 0.717) is 5.56 Å². The molecular formula is C11H11ClOS. The Hall–Kier alpha value is -0.730. The SMILES string of the molecule is C=CCSc1ccc(C(=O)CCl)cc1. The molecule has 0 aromatic heterocycles. The number of benzene rings is 1. The number of Topliss-reactive ketones (excluding diaryl/α,β-unsaturated/α-hetero) is 1. The molecule has 3 heteroatoms. The fraction of sp³-hybridized carbons (Fsp3) is 0.182. The number of halogens is 1. The van der Waals surface area contributed by atoms with Crippen molar-refractivity contribution in [2.24, 2.45) is 0 Å². The smallest absolute Gasteiger partial charge is 0.177 e. The quantitative estimate of drug-likeness (QED) is 0.331. The van der Waals surface area contributed by atoms with Gasteiger partial charge in [0.25, 0.3) is 0 Å². The highest BCUT2D eigenvalue weighted by atomic mass is 35.5. The van der Waals surface area contributed by atoms with Crippen LogP contribution in [0.25, 0.3) is 0 Å². The van der Waals surface area contributed by atoms with E-state index in [4.69, 9.17) is 11.6 Å². The Balaban J connectivity index is 2.68. The lowest BCUT2D eigenvalue weighted by molar-refractivity contribution is 0.102. The summed E-state index contributed by atoms with van der Waals surface area (Å²) in [6, 6.07) is 7.45. The zero-order valence-corrected chi connectivity index (χ0v) is 9.27. The first-order valence-electron chi connectivity index (χ1n) is 4.21. The summed E-state index contributed by atoms with van der Waals surface area (Å²) in [6.45, 7) is 3.64. The summed E-state index contributed by atoms with van der Waals surface area (Å²) in [4.78, 5) is 12.3. The van der Waals surface area contributed by atoms with Gasteiger partial charge in [-0.1, -0.05) is 18.2 Å². The number of ketones is 1. The van der Waals surface area contributed by atoms with Crippen LogP contribution in [-0.2, 0) is 0 Å². The average molecular weight is 227 g/mol. The van der Waals surface area contributed by atoms with E-state index in [1.165, 1.54) is 0 Å². The van der Waals surface area contributed by atoms with Gasteiger partial charge < -0.3 is 0 Å². The van der Waals surface area contributed by atoms with Gasteiger partial charge in [0.05, 0.1) is 5.88 Å². The summed E-state index contributed by atoms with van der Waals surface area (Å²) in [5.41, 5.74) is 0.669. The number of hydrogen-bond donors (Lipinski definition) is 0. The van der Waals surface area contributed by atoms with Gasteiger partial charge in [0.1, 0.15) is 0 Å². The predicted octanol–water partition coefficient (Wildman–Crippen LogP) is 3.39. The minimum Gasteiger partial charge on any atom is -0.293 e. The van der Waals surface area contributed by atoms with Crippen LogP contribution in [-0.4, -0.2) is 17.4 Å². The van der Waals surface area contributed by atoms with E-state index in [1.54, 1.807) is 23.9 Å². The largest absolute Gasteiger partial charge is 0.293 e. The second-order valence-corrected chi connectivity index (χ2v) is 4.04. The van der Waals surface area contributed by atoms with Crippen molar-refractivity contribution in [2.75, 3.05) is 11.6 Å². The molecule has 1 aromatic carbocycles. The first-order valence-corrected chi connectivity index (χ1v) is 5.73. The first kappa shape index (κ1) is 11.3. The van der Waals surface area contributed by atoms with Crippen molar-refractivity contribution >= 4 is 29.1 Å². The number of thioether (sulfide) groups is 1. The van der Waals surface area contributed by atoms with Gasteiger partial charge in [-0.15, -0.1) is 29.9 Å². The van der Waals surface area contributed by atoms with Gasteiger partial charge >= 0.3 is 0 Å². The van der Waals surface area contributed by atoms with Crippen LogP contribution in [0.4, 0.5) is 0 Å². The van der Waals surface area contributed by atoms with Gasteiger partial charge in [-0.05, 0) is 12.1 Å². The number of carbonyl (C=O) groups excluding carboxylic acids is 1. The molecule has 0 fully saturated rings. The van der Waals surface area contributed by atoms with Crippen LogP contribution >= 0.6 is 23.4 Å². The molecule has 0 spiro atoms. The monoisotopic (exact) mass is 226 g/mol. The Bertz CT molecular complexity index is 319. The molecule has 0 aliphatic carbocycles. The molecule has 0 saturated heterocycles. The molecule has 0 aliphatic rings. The van der Waals surface area contributed by atoms with Gasteiger partial charge in [0.15, 0.2) is 5.78 Å². The van der Waals surface area contributed by atoms with Crippen molar-refractivity contribution in [1.29, 1.82) is 0 Å². The summed E-state index contributed by atoms with van der Waals surface area (Å²) in [5.74, 6) is 0.883. The minimum absolute atomic E-state index is 0.0352. The summed E-state index contributed by atoms with van der Waals surface area (Å²) < 4.78 is 0. The third-order valence-electron chi connectivity index (χ3n) is 1.67. The lowest BCUT2D eigenvalue weighted by atomic mass is 10.1. The normalized spacial score (nSPS) is 9.79. The molecule has 1 nitrogen and oxygen atoms in total. The van der Waals surface area contributed by atoms with E-state index in [0.717, 1.165) is 10.6 Å². The molecule has 0 amide bonds. The highest BCUT2D eigenvalue weighted by Crippen LogP contribution is 2.18. The Kier molecular flexibility index (Phi) is 4.77. The van der Waals surface area contributed by atoms with Gasteiger partial charge in [0, 0.05) is 16.2 Å². The number of rotatable bonds is 5. The van der Waals surface area contributed by atoms with E-state index < -0.39 is 0 Å². The van der Waals surface area contributed by atoms with E-state index in [9.17, 15) is 4.79 Å². The highest BCUT2D eigenvalue weighted by molar-refractivity contribution is 7.99. The minimum atomic E-state index is -0.0352. The van der Waals surface area contributed by atoms with Crippen LogP contribution in [0.1, 0.15) is 10.4 Å². The lowest BCUT2D eigenvalue weighted by Gasteiger charge is -2.00. The van der Waals surface area contributed by atoms with E-state index in [-0.39, 0.29) is 11.7 Å². The van der Waals surface area contributed by atoms with E-state index in [2.05, 4.69) is 6.58 Å². The van der Waals surface area contributed by atoms with Gasteiger partial charge in [0.2, 0.25) is 0 Å². The molecule has 0 heterocycles. The van der Waals surface area contributed by atoms with Crippen LogP contribution < -0.4 is 0 Å². The van der Waals surface area contributed by atoms with Gasteiger partial charge in [-0.2, -0.15) is 0 Å². The second-order valence-electron chi connectivity index (χ2n) is 2.68. The van der Waals surface area contributed by atoms with Crippen molar-refractivity contribution in [1.82, 2.24) is 0 Å². The molecule has 74 valence electrons. The summed E-state index contributed by atoms with van der Waals surface area (Å²) in [6.07, 6.45) is 1.85. The zero-order valence-electron chi connectivity index (χ0n) is 7.70.